The van der Waals surface area contributed by atoms with Gasteiger partial charge in [-0.25, -0.2) is 0 Å². The number of ether oxygens (including phenoxy) is 6. The van der Waals surface area contributed by atoms with E-state index in [4.69, 9.17) is 28.4 Å². The summed E-state index contributed by atoms with van der Waals surface area (Å²) < 4.78 is 37.2. The van der Waals surface area contributed by atoms with Gasteiger partial charge in [-0.05, 0) is 73.3 Å². The predicted octanol–water partition coefficient (Wildman–Crippen LogP) is 7.61. The molecule has 0 unspecified atom stereocenters. The van der Waals surface area contributed by atoms with Gasteiger partial charge in [0.25, 0.3) is 0 Å². The molecule has 8 rings (SSSR count). The van der Waals surface area contributed by atoms with E-state index in [0.29, 0.717) is 26.4 Å². The molecule has 6 nitrogen and oxygen atoms in total. The Labute approximate surface area is 256 Å². The van der Waals surface area contributed by atoms with Crippen molar-refractivity contribution in [1.82, 2.24) is 0 Å². The van der Waals surface area contributed by atoms with Gasteiger partial charge in [0, 0.05) is 0 Å². The van der Waals surface area contributed by atoms with Crippen molar-refractivity contribution in [3.63, 3.8) is 0 Å². The van der Waals surface area contributed by atoms with Crippen LogP contribution in [0, 0.1) is 0 Å². The van der Waals surface area contributed by atoms with Gasteiger partial charge in [-0.1, -0.05) is 78.9 Å². The molecule has 2 aliphatic heterocycles. The molecule has 2 fully saturated rings. The van der Waals surface area contributed by atoms with Crippen LogP contribution in [0.5, 0.6) is 11.5 Å². The van der Waals surface area contributed by atoms with E-state index < -0.39 is 5.60 Å². The average Bonchev–Trinajstić information content (AvgIpc) is 3.58. The van der Waals surface area contributed by atoms with Crippen molar-refractivity contribution in [2.24, 2.45) is 0 Å². The summed E-state index contributed by atoms with van der Waals surface area (Å²) in [5.41, 5.74) is 2.51. The molecular formula is C38H34O6. The number of hydrogen-bond acceptors (Lipinski definition) is 6. The number of benzene rings is 6. The van der Waals surface area contributed by atoms with Crippen LogP contribution in [0.3, 0.4) is 0 Å². The Hall–Kier alpha value is -4.20. The maximum Gasteiger partial charge on any atom is 0.144 e. The van der Waals surface area contributed by atoms with Crippen LogP contribution in [-0.2, 0) is 32.2 Å². The van der Waals surface area contributed by atoms with E-state index in [9.17, 15) is 0 Å². The van der Waals surface area contributed by atoms with Crippen LogP contribution in [0.1, 0.15) is 22.8 Å². The highest BCUT2D eigenvalue weighted by Gasteiger charge is 2.63. The van der Waals surface area contributed by atoms with Crippen molar-refractivity contribution in [3.05, 3.63) is 120 Å². The molecule has 0 radical (unpaired) electrons. The summed E-state index contributed by atoms with van der Waals surface area (Å²) in [5.74, 6) is 1.64. The fraction of sp³-hybridized carbons (Fsp3) is 0.263. The molecule has 2 bridgehead atoms. The second-order valence-electron chi connectivity index (χ2n) is 11.8. The number of hydrogen-bond donors (Lipinski definition) is 0. The van der Waals surface area contributed by atoms with Gasteiger partial charge < -0.3 is 28.4 Å². The summed E-state index contributed by atoms with van der Waals surface area (Å²) in [6.45, 7) is 1.65. The Kier molecular flexibility index (Phi) is 6.88. The van der Waals surface area contributed by atoms with Crippen LogP contribution in [0.4, 0.5) is 0 Å². The van der Waals surface area contributed by atoms with E-state index in [2.05, 4.69) is 54.6 Å². The van der Waals surface area contributed by atoms with E-state index in [1.54, 1.807) is 14.2 Å². The maximum absolute atomic E-state index is 7.02. The van der Waals surface area contributed by atoms with Gasteiger partial charge in [-0.2, -0.15) is 0 Å². The van der Waals surface area contributed by atoms with Crippen molar-refractivity contribution in [2.45, 2.75) is 37.1 Å². The normalized spacial score (nSPS) is 22.8. The van der Waals surface area contributed by atoms with Crippen molar-refractivity contribution in [3.8, 4) is 11.5 Å². The summed E-state index contributed by atoms with van der Waals surface area (Å²) >= 11 is 0. The number of methoxy groups -OCH3 is 2. The van der Waals surface area contributed by atoms with Gasteiger partial charge in [0.05, 0.1) is 40.6 Å². The summed E-state index contributed by atoms with van der Waals surface area (Å²) in [7, 11) is 3.34. The highest BCUT2D eigenvalue weighted by Crippen LogP contribution is 2.51. The minimum atomic E-state index is -0.738. The van der Waals surface area contributed by atoms with Crippen LogP contribution in [0.25, 0.3) is 32.3 Å². The first-order valence-corrected chi connectivity index (χ1v) is 15.1. The Bertz CT molecular complexity index is 1900. The lowest BCUT2D eigenvalue weighted by atomic mass is 9.89. The Morgan fingerprint density at radius 1 is 0.682 bits per heavy atom. The largest absolute Gasteiger partial charge is 0.497 e. The van der Waals surface area contributed by atoms with Crippen molar-refractivity contribution in [1.29, 1.82) is 0 Å². The first-order valence-electron chi connectivity index (χ1n) is 15.1. The zero-order valence-electron chi connectivity index (χ0n) is 24.8. The second kappa shape index (κ2) is 11.1. The molecule has 4 atom stereocenters. The average molecular weight is 587 g/mol. The van der Waals surface area contributed by atoms with E-state index in [0.717, 1.165) is 28.2 Å². The van der Waals surface area contributed by atoms with E-state index in [1.807, 2.05) is 48.5 Å². The van der Waals surface area contributed by atoms with E-state index in [1.165, 1.54) is 32.3 Å². The van der Waals surface area contributed by atoms with Crippen LogP contribution < -0.4 is 9.47 Å². The van der Waals surface area contributed by atoms with Gasteiger partial charge in [0.1, 0.15) is 35.4 Å². The molecular weight excluding hydrogens is 552 g/mol. The third kappa shape index (κ3) is 4.57. The zero-order chi connectivity index (χ0) is 29.7. The molecule has 44 heavy (non-hydrogen) atoms. The third-order valence-electron chi connectivity index (χ3n) is 9.23. The molecule has 6 heteroatoms. The fourth-order valence-corrected chi connectivity index (χ4v) is 7.00. The number of rotatable bonds is 10. The SMILES string of the molecule is COc1ccc(COC[C@@]23CO[C@H]([C@H](c4ccc5ccc6cccc7ccc4c5c67)O2)[C@@H]3OCc2ccc(OC)cc2)cc1. The molecule has 222 valence electrons. The van der Waals surface area contributed by atoms with Gasteiger partial charge in [0.2, 0.25) is 0 Å². The first-order chi connectivity index (χ1) is 21.7. The van der Waals surface area contributed by atoms with Crippen LogP contribution in [0.15, 0.2) is 103 Å². The van der Waals surface area contributed by atoms with Crippen LogP contribution in [-0.4, -0.2) is 45.2 Å². The smallest absolute Gasteiger partial charge is 0.144 e. The Morgan fingerprint density at radius 2 is 1.30 bits per heavy atom. The van der Waals surface area contributed by atoms with Crippen molar-refractivity contribution in [2.75, 3.05) is 27.4 Å². The molecule has 2 aliphatic rings. The van der Waals surface area contributed by atoms with Gasteiger partial charge >= 0.3 is 0 Å². The standard InChI is InChI=1S/C38H34O6/c1-39-29-14-6-24(7-15-29)20-41-22-38-23-43-36(37(38)42-21-25-8-16-30(40-2)17-9-25)35(44-38)32-19-13-28-11-10-26-4-3-5-27-12-18-31(32)34(28)33(26)27/h3-19,35-37H,20-23H2,1-2H3/t35-,36+,37-,38-/m0/s1. The molecule has 0 spiro atoms. The Morgan fingerprint density at radius 3 is 1.98 bits per heavy atom. The maximum atomic E-state index is 7.02. The van der Waals surface area contributed by atoms with E-state index in [-0.39, 0.29) is 18.3 Å². The minimum absolute atomic E-state index is 0.267. The molecule has 0 saturated carbocycles. The molecule has 0 aromatic heterocycles. The lowest BCUT2D eigenvalue weighted by Crippen LogP contribution is -2.46. The summed E-state index contributed by atoms with van der Waals surface area (Å²) in [6.07, 6.45) is -0.862. The fourth-order valence-electron chi connectivity index (χ4n) is 7.00. The molecule has 2 saturated heterocycles. The van der Waals surface area contributed by atoms with Gasteiger partial charge in [0.15, 0.2) is 0 Å². The minimum Gasteiger partial charge on any atom is -0.497 e. The van der Waals surface area contributed by atoms with Crippen LogP contribution in [0.2, 0.25) is 0 Å². The second-order valence-corrected chi connectivity index (χ2v) is 11.8. The highest BCUT2D eigenvalue weighted by molar-refractivity contribution is 6.23. The lowest BCUT2D eigenvalue weighted by molar-refractivity contribution is -0.175. The lowest BCUT2D eigenvalue weighted by Gasteiger charge is -2.32. The highest BCUT2D eigenvalue weighted by atomic mass is 16.7. The molecule has 6 aromatic carbocycles. The van der Waals surface area contributed by atoms with Gasteiger partial charge in [-0.15, -0.1) is 0 Å². The van der Waals surface area contributed by atoms with Crippen molar-refractivity contribution < 1.29 is 28.4 Å². The number of fused-ring (bicyclic) bond motifs is 2. The van der Waals surface area contributed by atoms with E-state index >= 15 is 0 Å². The summed E-state index contributed by atoms with van der Waals surface area (Å²) in [4.78, 5) is 0. The first kappa shape index (κ1) is 27.4. The quantitative estimate of drug-likeness (QED) is 0.154. The van der Waals surface area contributed by atoms with Gasteiger partial charge in [-0.3, -0.25) is 0 Å². The summed E-state index contributed by atoms with van der Waals surface area (Å²) in [6, 6.07) is 35.7. The van der Waals surface area contributed by atoms with Crippen LogP contribution >= 0.6 is 0 Å². The van der Waals surface area contributed by atoms with Crippen molar-refractivity contribution >= 4 is 32.3 Å². The molecule has 6 aromatic rings. The Balaban J connectivity index is 1.12. The molecule has 2 heterocycles. The predicted molar refractivity (Wildman–Crippen MR) is 171 cm³/mol. The molecule has 0 N–H and O–H groups in total. The topological polar surface area (TPSA) is 55.4 Å². The monoisotopic (exact) mass is 586 g/mol. The molecule has 0 aliphatic carbocycles. The zero-order valence-corrected chi connectivity index (χ0v) is 24.8. The molecule has 0 amide bonds. The summed E-state index contributed by atoms with van der Waals surface area (Å²) in [5, 5.41) is 7.46. The third-order valence-corrected chi connectivity index (χ3v) is 9.23.